The Morgan fingerprint density at radius 1 is 1.14 bits per heavy atom. The van der Waals surface area contributed by atoms with E-state index in [1.807, 2.05) is 34.6 Å². The van der Waals surface area contributed by atoms with Crippen molar-refractivity contribution in [3.8, 4) is 0 Å². The molecule has 120 valence electrons. The molecular weight excluding hydrogens is 289 g/mol. The molecule has 2 rings (SSSR count). The van der Waals surface area contributed by atoms with Gasteiger partial charge in [-0.2, -0.15) is 5.10 Å². The summed E-state index contributed by atoms with van der Waals surface area (Å²) in [7, 11) is -0.829. The Balaban J connectivity index is 2.46. The van der Waals surface area contributed by atoms with Crippen LogP contribution in [0.4, 0.5) is 8.78 Å². The topological polar surface area (TPSA) is 56.8 Å². The maximum atomic E-state index is 13.6. The summed E-state index contributed by atoms with van der Waals surface area (Å²) in [5.74, 6) is 3.63. The molecule has 1 aliphatic rings. The number of nitrogens with two attached hydrogens (primary N) is 1. The Bertz CT molecular complexity index is 602. The van der Waals surface area contributed by atoms with Gasteiger partial charge in [-0.1, -0.05) is 6.92 Å². The molecule has 0 radical (unpaired) electrons. The summed E-state index contributed by atoms with van der Waals surface area (Å²) in [5, 5.41) is 3.73. The summed E-state index contributed by atoms with van der Waals surface area (Å²) in [6.07, 6.45) is 0.505. The summed E-state index contributed by atoms with van der Waals surface area (Å²) in [4.78, 5) is 0. The van der Waals surface area contributed by atoms with Crippen LogP contribution in [0.3, 0.4) is 0 Å². The molecule has 0 bridgehead atoms. The minimum atomic E-state index is -0.954. The molecule has 0 amide bonds. The van der Waals surface area contributed by atoms with Crippen LogP contribution in [0.1, 0.15) is 45.7 Å². The molecule has 0 aromatic heterocycles. The second-order valence-electron chi connectivity index (χ2n) is 6.38. The average Bonchev–Trinajstić information content (AvgIpc) is 2.63. The highest BCUT2D eigenvalue weighted by Crippen LogP contribution is 2.38. The predicted molar refractivity (Wildman–Crippen MR) is 82.5 cm³/mol. The van der Waals surface area contributed by atoms with Crippen LogP contribution in [0.2, 0.25) is 0 Å². The van der Waals surface area contributed by atoms with Crippen molar-refractivity contribution in [3.63, 3.8) is 0 Å². The maximum Gasteiger partial charge on any atom is 0.517 e. The third kappa shape index (κ3) is 2.75. The first-order valence-corrected chi connectivity index (χ1v) is 7.24. The molecule has 0 aliphatic carbocycles. The zero-order valence-electron chi connectivity index (χ0n) is 13.5. The van der Waals surface area contributed by atoms with Crippen LogP contribution >= 0.6 is 0 Å². The number of halogens is 2. The van der Waals surface area contributed by atoms with Crippen LogP contribution in [0.5, 0.6) is 0 Å². The molecule has 1 saturated heterocycles. The number of hydrogen-bond acceptors (Lipinski definition) is 4. The largest absolute Gasteiger partial charge is 0.517 e. The molecule has 1 fully saturated rings. The highest BCUT2D eigenvalue weighted by atomic mass is 19.2. The molecule has 0 spiro atoms. The van der Waals surface area contributed by atoms with Crippen molar-refractivity contribution < 1.29 is 18.1 Å². The summed E-state index contributed by atoms with van der Waals surface area (Å²) in [5.41, 5.74) is 0.117. The highest BCUT2D eigenvalue weighted by Gasteiger charge is 2.53. The van der Waals surface area contributed by atoms with Crippen LogP contribution in [-0.4, -0.2) is 23.9 Å². The van der Waals surface area contributed by atoms with E-state index in [-0.39, 0.29) is 5.61 Å². The zero-order chi connectivity index (χ0) is 16.7. The summed E-state index contributed by atoms with van der Waals surface area (Å²) in [6.45, 7) is 9.43. The fourth-order valence-corrected chi connectivity index (χ4v) is 2.33. The molecule has 0 saturated carbocycles. The molecular formula is C15H21BF2N2O2. The first-order valence-electron chi connectivity index (χ1n) is 7.24. The van der Waals surface area contributed by atoms with Crippen molar-refractivity contribution in [2.45, 2.75) is 52.2 Å². The third-order valence-electron chi connectivity index (χ3n) is 4.42. The standard InChI is InChI=1S/C15H21BF2N2O2/c1-6-9-7-11(17)12(18)8-10(9)13(20-19)16-21-14(2,3)15(4,5)22-16/h7-8H,6,19H2,1-5H3/b20-13+. The van der Waals surface area contributed by atoms with E-state index in [9.17, 15) is 8.78 Å². The van der Waals surface area contributed by atoms with Crippen molar-refractivity contribution in [1.29, 1.82) is 0 Å². The second kappa shape index (κ2) is 5.63. The van der Waals surface area contributed by atoms with E-state index in [0.29, 0.717) is 17.5 Å². The molecule has 1 aromatic rings. The molecule has 1 heterocycles. The van der Waals surface area contributed by atoms with E-state index in [0.717, 1.165) is 12.1 Å². The summed E-state index contributed by atoms with van der Waals surface area (Å²) >= 11 is 0. The van der Waals surface area contributed by atoms with Crippen LogP contribution in [0.25, 0.3) is 0 Å². The van der Waals surface area contributed by atoms with Gasteiger partial charge in [0.05, 0.1) is 16.8 Å². The normalized spacial score (nSPS) is 20.5. The maximum absolute atomic E-state index is 13.6. The van der Waals surface area contributed by atoms with Gasteiger partial charge in [-0.3, -0.25) is 0 Å². The van der Waals surface area contributed by atoms with Crippen LogP contribution in [0, 0.1) is 11.6 Å². The zero-order valence-corrected chi connectivity index (χ0v) is 13.5. The van der Waals surface area contributed by atoms with Gasteiger partial charge < -0.3 is 15.2 Å². The van der Waals surface area contributed by atoms with Gasteiger partial charge in [0.25, 0.3) is 0 Å². The Kier molecular flexibility index (Phi) is 4.32. The van der Waals surface area contributed by atoms with Crippen molar-refractivity contribution in [3.05, 3.63) is 34.9 Å². The van der Waals surface area contributed by atoms with E-state index in [2.05, 4.69) is 5.10 Å². The number of nitrogens with zero attached hydrogens (tertiary/aromatic N) is 1. The lowest BCUT2D eigenvalue weighted by Crippen LogP contribution is -2.41. The minimum absolute atomic E-state index is 0.259. The molecule has 4 nitrogen and oxygen atoms in total. The average molecular weight is 310 g/mol. The van der Waals surface area contributed by atoms with Crippen molar-refractivity contribution >= 4 is 12.7 Å². The van der Waals surface area contributed by atoms with Crippen molar-refractivity contribution in [2.75, 3.05) is 0 Å². The van der Waals surface area contributed by atoms with Gasteiger partial charge in [-0.05, 0) is 51.8 Å². The van der Waals surface area contributed by atoms with Gasteiger partial charge in [0.15, 0.2) is 11.6 Å². The monoisotopic (exact) mass is 310 g/mol. The van der Waals surface area contributed by atoms with E-state index < -0.39 is 30.0 Å². The van der Waals surface area contributed by atoms with Gasteiger partial charge >= 0.3 is 7.12 Å². The molecule has 22 heavy (non-hydrogen) atoms. The first-order chi connectivity index (χ1) is 10.1. The first kappa shape index (κ1) is 16.9. The Morgan fingerprint density at radius 2 is 1.64 bits per heavy atom. The SMILES string of the molecule is CCc1cc(F)c(F)cc1/C(=N\N)B1OC(C)(C)C(C)(C)O1. The lowest BCUT2D eigenvalue weighted by atomic mass is 9.76. The number of hydrogen-bond donors (Lipinski definition) is 1. The molecule has 2 N–H and O–H groups in total. The summed E-state index contributed by atoms with van der Waals surface area (Å²) < 4.78 is 38.8. The third-order valence-corrected chi connectivity index (χ3v) is 4.42. The van der Waals surface area contributed by atoms with Gasteiger partial charge in [-0.15, -0.1) is 0 Å². The van der Waals surface area contributed by atoms with Crippen molar-refractivity contribution in [1.82, 2.24) is 0 Å². The molecule has 0 unspecified atom stereocenters. The Hall–Kier alpha value is -1.47. The Morgan fingerprint density at radius 3 is 2.09 bits per heavy atom. The van der Waals surface area contributed by atoms with Gasteiger partial charge in [0.1, 0.15) is 0 Å². The van der Waals surface area contributed by atoms with Gasteiger partial charge in [-0.25, -0.2) is 8.78 Å². The lowest BCUT2D eigenvalue weighted by molar-refractivity contribution is 0.00578. The van der Waals surface area contributed by atoms with Crippen LogP contribution in [0.15, 0.2) is 17.2 Å². The van der Waals surface area contributed by atoms with Crippen LogP contribution < -0.4 is 5.84 Å². The molecule has 1 aromatic carbocycles. The molecule has 1 aliphatic heterocycles. The Labute approximate surface area is 129 Å². The fourth-order valence-electron chi connectivity index (χ4n) is 2.33. The van der Waals surface area contributed by atoms with E-state index in [1.165, 1.54) is 0 Å². The van der Waals surface area contributed by atoms with E-state index >= 15 is 0 Å². The van der Waals surface area contributed by atoms with Gasteiger partial charge in [0.2, 0.25) is 0 Å². The lowest BCUT2D eigenvalue weighted by Gasteiger charge is -2.32. The van der Waals surface area contributed by atoms with Gasteiger partial charge in [0, 0.05) is 5.56 Å². The van der Waals surface area contributed by atoms with E-state index in [4.69, 9.17) is 15.2 Å². The number of benzene rings is 1. The van der Waals surface area contributed by atoms with Crippen LogP contribution in [-0.2, 0) is 15.7 Å². The van der Waals surface area contributed by atoms with E-state index in [1.54, 1.807) is 0 Å². The van der Waals surface area contributed by atoms with Crippen molar-refractivity contribution in [2.24, 2.45) is 10.9 Å². The highest BCUT2D eigenvalue weighted by molar-refractivity contribution is 6.85. The smallest absolute Gasteiger partial charge is 0.398 e. The molecule has 0 atom stereocenters. The predicted octanol–water partition coefficient (Wildman–Crippen LogP) is 2.82. The quantitative estimate of drug-likeness (QED) is 0.404. The fraction of sp³-hybridized carbons (Fsp3) is 0.533. The number of aryl methyl sites for hydroxylation is 1. The number of rotatable bonds is 3. The minimum Gasteiger partial charge on any atom is -0.398 e. The molecule has 7 heteroatoms. The summed E-state index contributed by atoms with van der Waals surface area (Å²) in [6, 6.07) is 2.24. The second-order valence-corrected chi connectivity index (χ2v) is 6.38. The number of hydrazone groups is 1.